The third-order valence-corrected chi connectivity index (χ3v) is 1.82. The lowest BCUT2D eigenvalue weighted by Gasteiger charge is -2.21. The first-order chi connectivity index (χ1) is 5.94. The van der Waals surface area contributed by atoms with Crippen molar-refractivity contribution in [1.82, 2.24) is 0 Å². The zero-order valence-electron chi connectivity index (χ0n) is 8.42. The molecule has 0 spiro atoms. The molecule has 0 saturated carbocycles. The zero-order chi connectivity index (χ0) is 10.5. The van der Waals surface area contributed by atoms with Gasteiger partial charge in [-0.05, 0) is 13.8 Å². The molecule has 0 fully saturated rings. The van der Waals surface area contributed by atoms with E-state index in [1.54, 1.807) is 20.8 Å². The monoisotopic (exact) mass is 184 g/mol. The van der Waals surface area contributed by atoms with Crippen molar-refractivity contribution in [3.05, 3.63) is 12.7 Å². The van der Waals surface area contributed by atoms with Crippen molar-refractivity contribution in [2.75, 3.05) is 6.61 Å². The van der Waals surface area contributed by atoms with E-state index in [9.17, 15) is 9.59 Å². The lowest BCUT2D eigenvalue weighted by molar-refractivity contribution is -0.144. The molecule has 3 heteroatoms. The summed E-state index contributed by atoms with van der Waals surface area (Å²) in [7, 11) is 0. The third-order valence-electron chi connectivity index (χ3n) is 1.82. The molecule has 0 aromatic carbocycles. The van der Waals surface area contributed by atoms with Gasteiger partial charge in [-0.2, -0.15) is 0 Å². The Morgan fingerprint density at radius 1 is 1.46 bits per heavy atom. The minimum absolute atomic E-state index is 0.0874. The summed E-state index contributed by atoms with van der Waals surface area (Å²) in [5.74, 6) is -0.402. The molecule has 0 aliphatic rings. The van der Waals surface area contributed by atoms with Crippen LogP contribution >= 0.6 is 0 Å². The molecule has 0 bridgehead atoms. The molecule has 0 aliphatic heterocycles. The summed E-state index contributed by atoms with van der Waals surface area (Å²) in [6.07, 6.45) is 1.55. The summed E-state index contributed by atoms with van der Waals surface area (Å²) in [6, 6.07) is 0. The van der Waals surface area contributed by atoms with Crippen LogP contribution in [0.15, 0.2) is 12.7 Å². The molecule has 0 aliphatic carbocycles. The van der Waals surface area contributed by atoms with Gasteiger partial charge in [0.15, 0.2) is 0 Å². The number of carbonyl (C=O) groups excluding carboxylic acids is 2. The molecule has 13 heavy (non-hydrogen) atoms. The Labute approximate surface area is 78.8 Å². The van der Waals surface area contributed by atoms with Crippen molar-refractivity contribution in [3.8, 4) is 0 Å². The Balaban J connectivity index is 4.10. The normalized spacial score (nSPS) is 10.7. The lowest BCUT2D eigenvalue weighted by atomic mass is 9.88. The van der Waals surface area contributed by atoms with Gasteiger partial charge < -0.3 is 4.74 Å². The molecule has 0 saturated heterocycles. The quantitative estimate of drug-likeness (QED) is 0.482. The van der Waals surface area contributed by atoms with Gasteiger partial charge in [-0.25, -0.2) is 4.79 Å². The van der Waals surface area contributed by atoms with Gasteiger partial charge in [-0.3, -0.25) is 4.79 Å². The maximum atomic E-state index is 11.3. The smallest absolute Gasteiger partial charge is 0.330 e. The van der Waals surface area contributed by atoms with Crippen LogP contribution in [-0.2, 0) is 14.3 Å². The molecule has 0 rings (SSSR count). The van der Waals surface area contributed by atoms with E-state index in [0.29, 0.717) is 6.42 Å². The van der Waals surface area contributed by atoms with E-state index in [0.717, 1.165) is 6.08 Å². The first-order valence-corrected chi connectivity index (χ1v) is 4.26. The number of carbonyl (C=O) groups is 2. The maximum absolute atomic E-state index is 11.3. The van der Waals surface area contributed by atoms with E-state index in [1.807, 2.05) is 0 Å². The Kier molecular flexibility index (Phi) is 4.38. The molecule has 3 nitrogen and oxygen atoms in total. The fourth-order valence-electron chi connectivity index (χ4n) is 0.870. The fourth-order valence-corrected chi connectivity index (χ4v) is 0.870. The lowest BCUT2D eigenvalue weighted by Crippen LogP contribution is -2.30. The van der Waals surface area contributed by atoms with Crippen LogP contribution in [0.3, 0.4) is 0 Å². The molecule has 0 amide bonds. The fraction of sp³-hybridized carbons (Fsp3) is 0.600. The first-order valence-electron chi connectivity index (χ1n) is 4.26. The van der Waals surface area contributed by atoms with Gasteiger partial charge in [-0.15, -0.1) is 0 Å². The van der Waals surface area contributed by atoms with Crippen LogP contribution in [0, 0.1) is 5.41 Å². The summed E-state index contributed by atoms with van der Waals surface area (Å²) in [5.41, 5.74) is -0.590. The van der Waals surface area contributed by atoms with Crippen molar-refractivity contribution in [2.45, 2.75) is 27.2 Å². The molecular formula is C10H16O3. The standard InChI is InChI=1S/C10H16O3/c1-5-8(11)10(3,4)7-13-9(12)6-2/h6H,2,5,7H2,1,3-4H3. The maximum Gasteiger partial charge on any atom is 0.330 e. The Morgan fingerprint density at radius 3 is 2.38 bits per heavy atom. The van der Waals surface area contributed by atoms with E-state index in [4.69, 9.17) is 4.74 Å². The van der Waals surface area contributed by atoms with Crippen molar-refractivity contribution in [1.29, 1.82) is 0 Å². The van der Waals surface area contributed by atoms with E-state index >= 15 is 0 Å². The van der Waals surface area contributed by atoms with Gasteiger partial charge in [0.25, 0.3) is 0 Å². The van der Waals surface area contributed by atoms with Crippen LogP contribution < -0.4 is 0 Å². The number of Topliss-reactive ketones (excluding diaryl/α,β-unsaturated/α-hetero) is 1. The molecule has 74 valence electrons. The van der Waals surface area contributed by atoms with Crippen LogP contribution in [-0.4, -0.2) is 18.4 Å². The number of esters is 1. The van der Waals surface area contributed by atoms with Crippen LogP contribution in [0.25, 0.3) is 0 Å². The Hall–Kier alpha value is -1.12. The number of hydrogen-bond donors (Lipinski definition) is 0. The van der Waals surface area contributed by atoms with Crippen molar-refractivity contribution in [3.63, 3.8) is 0 Å². The second-order valence-corrected chi connectivity index (χ2v) is 3.47. The van der Waals surface area contributed by atoms with Crippen LogP contribution in [0.5, 0.6) is 0 Å². The third kappa shape index (κ3) is 3.87. The highest BCUT2D eigenvalue weighted by Crippen LogP contribution is 2.18. The summed E-state index contributed by atoms with van der Waals surface area (Å²) in [5, 5.41) is 0. The largest absolute Gasteiger partial charge is 0.462 e. The Morgan fingerprint density at radius 2 is 2.00 bits per heavy atom. The number of hydrogen-bond acceptors (Lipinski definition) is 3. The van der Waals surface area contributed by atoms with Gasteiger partial charge in [0.2, 0.25) is 0 Å². The summed E-state index contributed by atoms with van der Waals surface area (Å²) in [4.78, 5) is 22.0. The average molecular weight is 184 g/mol. The minimum Gasteiger partial charge on any atom is -0.462 e. The van der Waals surface area contributed by atoms with Gasteiger partial charge in [-0.1, -0.05) is 13.5 Å². The first kappa shape index (κ1) is 11.9. The van der Waals surface area contributed by atoms with E-state index in [2.05, 4.69) is 6.58 Å². The van der Waals surface area contributed by atoms with Gasteiger partial charge in [0, 0.05) is 12.5 Å². The highest BCUT2D eigenvalue weighted by atomic mass is 16.5. The number of rotatable bonds is 5. The highest BCUT2D eigenvalue weighted by molar-refractivity contribution is 5.85. The van der Waals surface area contributed by atoms with Crippen LogP contribution in [0.4, 0.5) is 0 Å². The van der Waals surface area contributed by atoms with E-state index < -0.39 is 11.4 Å². The van der Waals surface area contributed by atoms with Crippen LogP contribution in [0.2, 0.25) is 0 Å². The predicted molar refractivity (Wildman–Crippen MR) is 50.2 cm³/mol. The van der Waals surface area contributed by atoms with Gasteiger partial charge >= 0.3 is 5.97 Å². The molecule has 0 aromatic heterocycles. The zero-order valence-corrected chi connectivity index (χ0v) is 8.42. The SMILES string of the molecule is C=CC(=O)OCC(C)(C)C(=O)CC. The van der Waals surface area contributed by atoms with Gasteiger partial charge in [0.05, 0.1) is 5.41 Å². The molecular weight excluding hydrogens is 168 g/mol. The van der Waals surface area contributed by atoms with Crippen LogP contribution in [0.1, 0.15) is 27.2 Å². The number of ether oxygens (including phenoxy) is 1. The second kappa shape index (κ2) is 4.80. The molecule has 0 aromatic rings. The summed E-state index contributed by atoms with van der Waals surface area (Å²) < 4.78 is 4.80. The number of ketones is 1. The van der Waals surface area contributed by atoms with Crippen molar-refractivity contribution >= 4 is 11.8 Å². The predicted octanol–water partition coefficient (Wildman–Crippen LogP) is 1.72. The minimum atomic E-state index is -0.590. The van der Waals surface area contributed by atoms with E-state index in [1.165, 1.54) is 0 Å². The molecule has 0 atom stereocenters. The topological polar surface area (TPSA) is 43.4 Å². The molecule has 0 radical (unpaired) electrons. The van der Waals surface area contributed by atoms with Crippen molar-refractivity contribution in [2.24, 2.45) is 5.41 Å². The molecule has 0 N–H and O–H groups in total. The second-order valence-electron chi connectivity index (χ2n) is 3.47. The van der Waals surface area contributed by atoms with Crippen molar-refractivity contribution < 1.29 is 14.3 Å². The molecule has 0 unspecified atom stereocenters. The van der Waals surface area contributed by atoms with Gasteiger partial charge in [0.1, 0.15) is 12.4 Å². The Bertz CT molecular complexity index is 216. The molecule has 0 heterocycles. The summed E-state index contributed by atoms with van der Waals surface area (Å²) in [6.45, 7) is 8.69. The average Bonchev–Trinajstić information content (AvgIpc) is 2.12. The highest BCUT2D eigenvalue weighted by Gasteiger charge is 2.27. The summed E-state index contributed by atoms with van der Waals surface area (Å²) >= 11 is 0. The van der Waals surface area contributed by atoms with E-state index in [-0.39, 0.29) is 12.4 Å².